The maximum Gasteiger partial charge on any atom is 0.0775 e. The van der Waals surface area contributed by atoms with Crippen LogP contribution in [0.25, 0.3) is 0 Å². The maximum absolute atomic E-state index is 3.54. The minimum Gasteiger partial charge on any atom is -0.313 e. The molecule has 0 atom stereocenters. The topological polar surface area (TPSA) is 12.0 Å². The van der Waals surface area contributed by atoms with Crippen molar-refractivity contribution in [2.75, 3.05) is 6.54 Å². The van der Waals surface area contributed by atoms with Crippen molar-refractivity contribution in [2.45, 2.75) is 45.4 Å². The van der Waals surface area contributed by atoms with Gasteiger partial charge in [0.15, 0.2) is 0 Å². The van der Waals surface area contributed by atoms with E-state index in [-0.39, 0.29) is 0 Å². The fraction of sp³-hybridized carbons (Fsp3) is 0.600. The van der Waals surface area contributed by atoms with Crippen molar-refractivity contribution in [3.8, 4) is 0 Å². The van der Waals surface area contributed by atoms with Gasteiger partial charge in [-0.2, -0.15) is 0 Å². The predicted molar refractivity (Wildman–Crippen MR) is 78.5 cm³/mol. The van der Waals surface area contributed by atoms with E-state index in [2.05, 4.69) is 49.2 Å². The van der Waals surface area contributed by atoms with Gasteiger partial charge in [0.25, 0.3) is 0 Å². The van der Waals surface area contributed by atoms with Gasteiger partial charge >= 0.3 is 0 Å². The zero-order valence-corrected chi connectivity index (χ0v) is 12.4. The molecule has 1 nitrogen and oxygen atoms in total. The number of hydrogen-bond acceptors (Lipinski definition) is 1. The second-order valence-electron chi connectivity index (χ2n) is 6.36. The lowest BCUT2D eigenvalue weighted by Crippen LogP contribution is -2.37. The standard InChI is InChI=1S/C15H25NSi/c1-17(2,3)15-8-6-14(7-9-15)12-16-11-10-13-4-5-13/h6-9,13,16H,4-5,10-12H2,1-3H3. The Morgan fingerprint density at radius 2 is 1.76 bits per heavy atom. The van der Waals surface area contributed by atoms with Crippen LogP contribution in [0.15, 0.2) is 24.3 Å². The monoisotopic (exact) mass is 247 g/mol. The Balaban J connectivity index is 1.76. The minimum atomic E-state index is -1.12. The van der Waals surface area contributed by atoms with E-state index < -0.39 is 8.07 Å². The molecule has 1 saturated carbocycles. The zero-order valence-electron chi connectivity index (χ0n) is 11.4. The Morgan fingerprint density at radius 1 is 1.12 bits per heavy atom. The summed E-state index contributed by atoms with van der Waals surface area (Å²) < 4.78 is 0. The lowest BCUT2D eigenvalue weighted by Gasteiger charge is -2.16. The molecule has 0 aliphatic heterocycles. The molecule has 0 radical (unpaired) electrons. The van der Waals surface area contributed by atoms with E-state index >= 15 is 0 Å². The molecule has 0 spiro atoms. The highest BCUT2D eigenvalue weighted by molar-refractivity contribution is 6.88. The van der Waals surface area contributed by atoms with E-state index in [0.29, 0.717) is 0 Å². The van der Waals surface area contributed by atoms with Gasteiger partial charge in [0.2, 0.25) is 0 Å². The molecular weight excluding hydrogens is 222 g/mol. The van der Waals surface area contributed by atoms with Crippen LogP contribution in [0.4, 0.5) is 0 Å². The van der Waals surface area contributed by atoms with Gasteiger partial charge in [-0.05, 0) is 24.4 Å². The molecular formula is C15H25NSi. The summed E-state index contributed by atoms with van der Waals surface area (Å²) in [6.07, 6.45) is 4.30. The van der Waals surface area contributed by atoms with Crippen molar-refractivity contribution in [3.05, 3.63) is 29.8 Å². The van der Waals surface area contributed by atoms with Gasteiger partial charge < -0.3 is 5.32 Å². The van der Waals surface area contributed by atoms with E-state index in [0.717, 1.165) is 12.5 Å². The van der Waals surface area contributed by atoms with Crippen LogP contribution < -0.4 is 10.5 Å². The molecule has 17 heavy (non-hydrogen) atoms. The van der Waals surface area contributed by atoms with E-state index in [1.165, 1.54) is 31.4 Å². The lowest BCUT2D eigenvalue weighted by atomic mass is 10.2. The highest BCUT2D eigenvalue weighted by atomic mass is 28.3. The molecule has 0 aromatic heterocycles. The maximum atomic E-state index is 3.54. The van der Waals surface area contributed by atoms with Crippen LogP contribution in [0.3, 0.4) is 0 Å². The number of benzene rings is 1. The fourth-order valence-electron chi connectivity index (χ4n) is 2.07. The van der Waals surface area contributed by atoms with Gasteiger partial charge in [-0.15, -0.1) is 0 Å². The van der Waals surface area contributed by atoms with Gasteiger partial charge in [0.1, 0.15) is 0 Å². The average molecular weight is 247 g/mol. The molecule has 1 N–H and O–H groups in total. The molecule has 1 aliphatic rings. The third kappa shape index (κ3) is 4.28. The number of hydrogen-bond donors (Lipinski definition) is 1. The van der Waals surface area contributed by atoms with Gasteiger partial charge in [-0.3, -0.25) is 0 Å². The predicted octanol–water partition coefficient (Wildman–Crippen LogP) is 3.12. The summed E-state index contributed by atoms with van der Waals surface area (Å²) in [5.74, 6) is 1.04. The Bertz CT molecular complexity index is 346. The first kappa shape index (κ1) is 12.8. The van der Waals surface area contributed by atoms with E-state index in [4.69, 9.17) is 0 Å². The summed E-state index contributed by atoms with van der Waals surface area (Å²) in [6, 6.07) is 9.23. The summed E-state index contributed by atoms with van der Waals surface area (Å²) >= 11 is 0. The first-order valence-corrected chi connectivity index (χ1v) is 10.4. The fourth-order valence-corrected chi connectivity index (χ4v) is 3.23. The smallest absolute Gasteiger partial charge is 0.0775 e. The summed E-state index contributed by atoms with van der Waals surface area (Å²) in [5, 5.41) is 5.10. The van der Waals surface area contributed by atoms with Crippen molar-refractivity contribution >= 4 is 13.3 Å². The highest BCUT2D eigenvalue weighted by Crippen LogP contribution is 2.31. The van der Waals surface area contributed by atoms with E-state index in [1.54, 1.807) is 5.19 Å². The summed E-state index contributed by atoms with van der Waals surface area (Å²) in [6.45, 7) is 9.40. The normalized spacial score (nSPS) is 16.2. The molecule has 1 aromatic carbocycles. The largest absolute Gasteiger partial charge is 0.313 e. The molecule has 0 saturated heterocycles. The SMILES string of the molecule is C[Si](C)(C)c1ccc(CNCCC2CC2)cc1. The van der Waals surface area contributed by atoms with Gasteiger partial charge in [-0.1, -0.05) is 61.9 Å². The molecule has 0 amide bonds. The molecule has 0 heterocycles. The average Bonchev–Trinajstić information content (AvgIpc) is 3.08. The van der Waals surface area contributed by atoms with Crippen molar-refractivity contribution in [3.63, 3.8) is 0 Å². The van der Waals surface area contributed by atoms with Crippen molar-refractivity contribution in [1.29, 1.82) is 0 Å². The second kappa shape index (κ2) is 5.36. The first-order chi connectivity index (χ1) is 8.05. The van der Waals surface area contributed by atoms with Crippen molar-refractivity contribution in [1.82, 2.24) is 5.32 Å². The van der Waals surface area contributed by atoms with Crippen LogP contribution >= 0.6 is 0 Å². The Hall–Kier alpha value is -0.603. The number of nitrogens with one attached hydrogen (secondary N) is 1. The Kier molecular flexibility index (Phi) is 4.05. The van der Waals surface area contributed by atoms with Gasteiger partial charge in [-0.25, -0.2) is 0 Å². The van der Waals surface area contributed by atoms with Crippen LogP contribution in [-0.4, -0.2) is 14.6 Å². The van der Waals surface area contributed by atoms with Crippen LogP contribution in [0.2, 0.25) is 19.6 Å². The molecule has 2 heteroatoms. The lowest BCUT2D eigenvalue weighted by molar-refractivity contribution is 0.613. The van der Waals surface area contributed by atoms with E-state index in [9.17, 15) is 0 Å². The Labute approximate surface area is 107 Å². The van der Waals surface area contributed by atoms with Crippen LogP contribution in [0, 0.1) is 5.92 Å². The molecule has 94 valence electrons. The van der Waals surface area contributed by atoms with E-state index in [1.807, 2.05) is 0 Å². The van der Waals surface area contributed by atoms with Crippen LogP contribution in [0.5, 0.6) is 0 Å². The molecule has 0 bridgehead atoms. The summed E-state index contributed by atoms with van der Waals surface area (Å²) in [7, 11) is -1.12. The van der Waals surface area contributed by atoms with Gasteiger partial charge in [0.05, 0.1) is 8.07 Å². The quantitative estimate of drug-likeness (QED) is 0.601. The summed E-state index contributed by atoms with van der Waals surface area (Å²) in [4.78, 5) is 0. The number of rotatable bonds is 6. The summed E-state index contributed by atoms with van der Waals surface area (Å²) in [5.41, 5.74) is 1.42. The van der Waals surface area contributed by atoms with Gasteiger partial charge in [0, 0.05) is 6.54 Å². The molecule has 1 aromatic rings. The minimum absolute atomic E-state index is 1.03. The zero-order chi connectivity index (χ0) is 12.3. The van der Waals surface area contributed by atoms with Crippen molar-refractivity contribution < 1.29 is 0 Å². The molecule has 1 aliphatic carbocycles. The van der Waals surface area contributed by atoms with Crippen LogP contribution in [-0.2, 0) is 6.54 Å². The second-order valence-corrected chi connectivity index (χ2v) is 11.4. The van der Waals surface area contributed by atoms with Crippen molar-refractivity contribution in [2.24, 2.45) is 5.92 Å². The third-order valence-corrected chi connectivity index (χ3v) is 5.64. The molecule has 0 unspecified atom stereocenters. The third-order valence-electron chi connectivity index (χ3n) is 3.58. The first-order valence-electron chi connectivity index (χ1n) is 6.86. The molecule has 1 fully saturated rings. The molecule has 2 rings (SSSR count). The van der Waals surface area contributed by atoms with Crippen LogP contribution in [0.1, 0.15) is 24.8 Å². The highest BCUT2D eigenvalue weighted by Gasteiger charge is 2.20. The Morgan fingerprint density at radius 3 is 2.29 bits per heavy atom.